The highest BCUT2D eigenvalue weighted by molar-refractivity contribution is 14.1. The molecule has 1 saturated heterocycles. The topological polar surface area (TPSA) is 78.7 Å². The molecule has 0 aliphatic carbocycles. The van der Waals surface area contributed by atoms with Crippen LogP contribution in [0.25, 0.3) is 0 Å². The van der Waals surface area contributed by atoms with E-state index in [1.54, 1.807) is 18.2 Å². The lowest BCUT2D eigenvalue weighted by Gasteiger charge is -2.37. The van der Waals surface area contributed by atoms with Gasteiger partial charge in [0.05, 0.1) is 15.6 Å². The highest BCUT2D eigenvalue weighted by Crippen LogP contribution is 2.30. The first kappa shape index (κ1) is 20.7. The maximum atomic E-state index is 12.3. The molecule has 7 nitrogen and oxygen atoms in total. The van der Waals surface area contributed by atoms with E-state index < -0.39 is 4.92 Å². The van der Waals surface area contributed by atoms with Gasteiger partial charge in [0.2, 0.25) is 0 Å². The second-order valence-electron chi connectivity index (χ2n) is 6.13. The first-order valence-electron chi connectivity index (χ1n) is 8.40. The summed E-state index contributed by atoms with van der Waals surface area (Å²) in [6.07, 6.45) is 0. The minimum Gasteiger partial charge on any atom is -0.367 e. The van der Waals surface area contributed by atoms with Crippen LogP contribution in [0.5, 0.6) is 0 Å². The van der Waals surface area contributed by atoms with E-state index in [-0.39, 0.29) is 11.6 Å². The molecule has 0 spiro atoms. The number of rotatable bonds is 3. The third-order valence-electron chi connectivity index (χ3n) is 4.38. The normalized spacial score (nSPS) is 13.9. The Hall–Kier alpha value is -1.98. The van der Waals surface area contributed by atoms with Gasteiger partial charge < -0.3 is 9.80 Å². The van der Waals surface area contributed by atoms with Gasteiger partial charge in [0.1, 0.15) is 0 Å². The van der Waals surface area contributed by atoms with Crippen molar-refractivity contribution in [3.8, 4) is 0 Å². The number of anilines is 1. The minimum absolute atomic E-state index is 0.0353. The number of benzene rings is 2. The second kappa shape index (κ2) is 9.01. The molecule has 1 N–H and O–H groups in total. The van der Waals surface area contributed by atoms with Crippen LogP contribution < -0.4 is 10.2 Å². The van der Waals surface area contributed by atoms with Crippen LogP contribution >= 0.6 is 46.4 Å². The molecule has 10 heteroatoms. The zero-order valence-electron chi connectivity index (χ0n) is 14.6. The summed E-state index contributed by atoms with van der Waals surface area (Å²) < 4.78 is 1.05. The fourth-order valence-corrected chi connectivity index (χ4v) is 3.80. The molecule has 146 valence electrons. The molecule has 0 bridgehead atoms. The number of piperazine rings is 1. The molecule has 0 saturated carbocycles. The van der Waals surface area contributed by atoms with Crippen molar-refractivity contribution in [3.05, 3.63) is 66.7 Å². The molecule has 1 fully saturated rings. The van der Waals surface area contributed by atoms with Crippen molar-refractivity contribution < 1.29 is 9.72 Å². The highest BCUT2D eigenvalue weighted by Gasteiger charge is 2.22. The van der Waals surface area contributed by atoms with Gasteiger partial charge in [-0.15, -0.1) is 0 Å². The number of carbonyl (C=O) groups is 1. The molecule has 0 unspecified atom stereocenters. The molecule has 1 aliphatic heterocycles. The average Bonchev–Trinajstić information content (AvgIpc) is 2.68. The number of nitro groups is 1. The fourth-order valence-electron chi connectivity index (χ4n) is 2.87. The number of nitro benzene ring substituents is 1. The summed E-state index contributed by atoms with van der Waals surface area (Å²) in [5, 5.41) is 14.3. The average molecular weight is 531 g/mol. The van der Waals surface area contributed by atoms with E-state index in [1.807, 2.05) is 21.9 Å². The predicted molar refractivity (Wildman–Crippen MR) is 121 cm³/mol. The maximum Gasteiger partial charge on any atom is 0.271 e. The summed E-state index contributed by atoms with van der Waals surface area (Å²) in [5.74, 6) is -0.234. The Kier molecular flexibility index (Phi) is 6.68. The Labute approximate surface area is 185 Å². The molecule has 0 aromatic heterocycles. The summed E-state index contributed by atoms with van der Waals surface area (Å²) in [6.45, 7) is 2.49. The van der Waals surface area contributed by atoms with Gasteiger partial charge in [-0.1, -0.05) is 11.6 Å². The van der Waals surface area contributed by atoms with E-state index >= 15 is 0 Å². The summed E-state index contributed by atoms with van der Waals surface area (Å²) >= 11 is 13.8. The number of carbonyl (C=O) groups excluding carboxylic acids is 1. The van der Waals surface area contributed by atoms with Crippen molar-refractivity contribution in [2.24, 2.45) is 0 Å². The minimum atomic E-state index is -0.470. The Bertz CT molecular complexity index is 918. The SMILES string of the molecule is O=C(NC(=S)N1CCN(c2ccc([N+](=O)[O-])cc2Cl)CC1)c1ccc(I)cc1. The molecule has 1 amide bonds. The smallest absolute Gasteiger partial charge is 0.271 e. The summed E-state index contributed by atoms with van der Waals surface area (Å²) in [7, 11) is 0. The number of halogens is 2. The summed E-state index contributed by atoms with van der Waals surface area (Å²) in [4.78, 5) is 26.7. The van der Waals surface area contributed by atoms with Crippen molar-refractivity contribution in [2.45, 2.75) is 0 Å². The Morgan fingerprint density at radius 1 is 1.14 bits per heavy atom. The van der Waals surface area contributed by atoms with Gasteiger partial charge in [-0.05, 0) is 65.1 Å². The molecule has 2 aromatic rings. The molecule has 3 rings (SSSR count). The summed E-state index contributed by atoms with van der Waals surface area (Å²) in [6, 6.07) is 11.7. The highest BCUT2D eigenvalue weighted by atomic mass is 127. The fraction of sp³-hybridized carbons (Fsp3) is 0.222. The van der Waals surface area contributed by atoms with E-state index in [0.717, 1.165) is 9.26 Å². The molecular formula is C18H16ClIN4O3S. The van der Waals surface area contributed by atoms with Crippen molar-refractivity contribution in [1.82, 2.24) is 10.2 Å². The zero-order chi connectivity index (χ0) is 20.3. The van der Waals surface area contributed by atoms with E-state index in [4.69, 9.17) is 23.8 Å². The molecule has 1 aliphatic rings. The lowest BCUT2D eigenvalue weighted by atomic mass is 10.2. The third kappa shape index (κ3) is 4.89. The van der Waals surface area contributed by atoms with Crippen LogP contribution in [-0.2, 0) is 0 Å². The number of thiocarbonyl (C=S) groups is 1. The number of amides is 1. The van der Waals surface area contributed by atoms with Crippen LogP contribution in [0, 0.1) is 13.7 Å². The van der Waals surface area contributed by atoms with E-state index in [1.165, 1.54) is 12.1 Å². The van der Waals surface area contributed by atoms with Crippen LogP contribution in [0.15, 0.2) is 42.5 Å². The van der Waals surface area contributed by atoms with E-state index in [9.17, 15) is 14.9 Å². The zero-order valence-corrected chi connectivity index (χ0v) is 18.3. The van der Waals surface area contributed by atoms with Gasteiger partial charge in [-0.25, -0.2) is 0 Å². The quantitative estimate of drug-likeness (QED) is 0.282. The largest absolute Gasteiger partial charge is 0.367 e. The molecule has 1 heterocycles. The van der Waals surface area contributed by atoms with Gasteiger partial charge in [-0.3, -0.25) is 20.2 Å². The van der Waals surface area contributed by atoms with Crippen molar-refractivity contribution in [3.63, 3.8) is 0 Å². The summed E-state index contributed by atoms with van der Waals surface area (Å²) in [5.41, 5.74) is 1.27. The van der Waals surface area contributed by atoms with E-state index in [0.29, 0.717) is 41.9 Å². The first-order chi connectivity index (χ1) is 13.3. The predicted octanol–water partition coefficient (Wildman–Crippen LogP) is 3.69. The van der Waals surface area contributed by atoms with Crippen LogP contribution in [0.2, 0.25) is 5.02 Å². The second-order valence-corrected chi connectivity index (χ2v) is 8.17. The van der Waals surface area contributed by atoms with Crippen LogP contribution in [-0.4, -0.2) is 47.0 Å². The number of nitrogens with zero attached hydrogens (tertiary/aromatic N) is 3. The lowest BCUT2D eigenvalue weighted by Crippen LogP contribution is -2.52. The van der Waals surface area contributed by atoms with Crippen molar-refractivity contribution in [2.75, 3.05) is 31.1 Å². The molecular weight excluding hydrogens is 515 g/mol. The van der Waals surface area contributed by atoms with Crippen molar-refractivity contribution in [1.29, 1.82) is 0 Å². The molecule has 0 atom stereocenters. The lowest BCUT2D eigenvalue weighted by molar-refractivity contribution is -0.384. The van der Waals surface area contributed by atoms with Crippen LogP contribution in [0.4, 0.5) is 11.4 Å². The van der Waals surface area contributed by atoms with Crippen LogP contribution in [0.1, 0.15) is 10.4 Å². The van der Waals surface area contributed by atoms with Gasteiger partial charge in [0, 0.05) is 47.4 Å². The van der Waals surface area contributed by atoms with Gasteiger partial charge in [-0.2, -0.15) is 0 Å². The van der Waals surface area contributed by atoms with Gasteiger partial charge in [0.15, 0.2) is 5.11 Å². The third-order valence-corrected chi connectivity index (χ3v) is 5.76. The molecule has 28 heavy (non-hydrogen) atoms. The standard InChI is InChI=1S/C18H16ClIN4O3S/c19-15-11-14(24(26)27)5-6-16(15)22-7-9-23(10-8-22)18(28)21-17(25)12-1-3-13(20)4-2-12/h1-6,11H,7-10H2,(H,21,25,28). The Balaban J connectivity index is 1.57. The van der Waals surface area contributed by atoms with Crippen molar-refractivity contribution >= 4 is 68.8 Å². The Morgan fingerprint density at radius 3 is 2.36 bits per heavy atom. The van der Waals surface area contributed by atoms with E-state index in [2.05, 4.69) is 27.9 Å². The number of nitrogens with one attached hydrogen (secondary N) is 1. The molecule has 0 radical (unpaired) electrons. The van der Waals surface area contributed by atoms with Crippen LogP contribution in [0.3, 0.4) is 0 Å². The number of hydrogen-bond donors (Lipinski definition) is 1. The molecule has 2 aromatic carbocycles. The number of non-ortho nitro benzene ring substituents is 1. The Morgan fingerprint density at radius 2 is 1.79 bits per heavy atom. The maximum absolute atomic E-state index is 12.3. The monoisotopic (exact) mass is 530 g/mol. The first-order valence-corrected chi connectivity index (χ1v) is 10.3. The van der Waals surface area contributed by atoms with Gasteiger partial charge >= 0.3 is 0 Å². The van der Waals surface area contributed by atoms with Gasteiger partial charge in [0.25, 0.3) is 11.6 Å². The number of hydrogen-bond acceptors (Lipinski definition) is 5.